The molecule has 2 aliphatic rings. The van der Waals surface area contributed by atoms with Gasteiger partial charge in [0.15, 0.2) is 0 Å². The minimum absolute atomic E-state index is 0.0483. The van der Waals surface area contributed by atoms with E-state index in [1.807, 2.05) is 0 Å². The fourth-order valence-corrected chi connectivity index (χ4v) is 3.28. The molecule has 2 saturated heterocycles. The van der Waals surface area contributed by atoms with Gasteiger partial charge in [-0.25, -0.2) is 0 Å². The standard InChI is InChI=1S/C16H30N2O2/c1-3-5-9-14-16(19)18(15(4-2)17-14)11-10-13-8-6-7-12-20-13/h13-15,17H,3-12H2,1-2H3. The molecule has 1 N–H and O–H groups in total. The first-order valence-electron chi connectivity index (χ1n) is 8.44. The Morgan fingerprint density at radius 2 is 2.15 bits per heavy atom. The van der Waals surface area contributed by atoms with E-state index in [4.69, 9.17) is 4.74 Å². The molecule has 0 aromatic rings. The first kappa shape index (κ1) is 15.8. The number of ether oxygens (including phenoxy) is 1. The fraction of sp³-hybridized carbons (Fsp3) is 0.938. The Morgan fingerprint density at radius 3 is 2.80 bits per heavy atom. The van der Waals surface area contributed by atoms with Crippen molar-refractivity contribution < 1.29 is 9.53 Å². The van der Waals surface area contributed by atoms with E-state index in [2.05, 4.69) is 24.1 Å². The largest absolute Gasteiger partial charge is 0.378 e. The SMILES string of the molecule is CCCCC1NC(CC)N(CCC2CCCCO2)C1=O. The average Bonchev–Trinajstić information content (AvgIpc) is 2.80. The van der Waals surface area contributed by atoms with Gasteiger partial charge in [-0.3, -0.25) is 10.1 Å². The zero-order valence-corrected chi connectivity index (χ0v) is 13.1. The molecule has 0 saturated carbocycles. The molecule has 116 valence electrons. The molecule has 2 heterocycles. The van der Waals surface area contributed by atoms with Crippen LogP contribution in [0.25, 0.3) is 0 Å². The van der Waals surface area contributed by atoms with E-state index < -0.39 is 0 Å². The van der Waals surface area contributed by atoms with Gasteiger partial charge in [0.1, 0.15) is 0 Å². The highest BCUT2D eigenvalue weighted by atomic mass is 16.5. The maximum Gasteiger partial charge on any atom is 0.241 e. The quantitative estimate of drug-likeness (QED) is 0.780. The second kappa shape index (κ2) is 7.99. The Bertz CT molecular complexity index is 303. The molecule has 0 aromatic carbocycles. The summed E-state index contributed by atoms with van der Waals surface area (Å²) < 4.78 is 5.78. The van der Waals surface area contributed by atoms with Crippen LogP contribution >= 0.6 is 0 Å². The minimum atomic E-state index is 0.0483. The van der Waals surface area contributed by atoms with Crippen LogP contribution in [-0.4, -0.2) is 42.3 Å². The number of rotatable bonds is 7. The lowest BCUT2D eigenvalue weighted by atomic mass is 10.1. The summed E-state index contributed by atoms with van der Waals surface area (Å²) >= 11 is 0. The first-order chi connectivity index (χ1) is 9.76. The predicted octanol–water partition coefficient (Wildman–Crippen LogP) is 2.67. The Hall–Kier alpha value is -0.610. The van der Waals surface area contributed by atoms with Crippen LogP contribution in [0.15, 0.2) is 0 Å². The van der Waals surface area contributed by atoms with Gasteiger partial charge in [0.05, 0.1) is 18.3 Å². The number of unbranched alkanes of at least 4 members (excludes halogenated alkanes) is 1. The van der Waals surface area contributed by atoms with E-state index >= 15 is 0 Å². The smallest absolute Gasteiger partial charge is 0.241 e. The minimum Gasteiger partial charge on any atom is -0.378 e. The Kier molecular flexibility index (Phi) is 6.30. The number of hydrogen-bond donors (Lipinski definition) is 1. The third-order valence-electron chi connectivity index (χ3n) is 4.55. The van der Waals surface area contributed by atoms with Gasteiger partial charge in [-0.2, -0.15) is 0 Å². The van der Waals surface area contributed by atoms with Gasteiger partial charge in [-0.05, 0) is 38.5 Å². The highest BCUT2D eigenvalue weighted by molar-refractivity contribution is 5.84. The van der Waals surface area contributed by atoms with Crippen LogP contribution in [0.3, 0.4) is 0 Å². The molecule has 2 aliphatic heterocycles. The van der Waals surface area contributed by atoms with E-state index in [1.165, 1.54) is 12.8 Å². The monoisotopic (exact) mass is 282 g/mol. The lowest BCUT2D eigenvalue weighted by molar-refractivity contribution is -0.130. The van der Waals surface area contributed by atoms with Gasteiger partial charge in [-0.1, -0.05) is 26.7 Å². The summed E-state index contributed by atoms with van der Waals surface area (Å²) in [4.78, 5) is 14.5. The molecule has 3 unspecified atom stereocenters. The van der Waals surface area contributed by atoms with Crippen LogP contribution in [0.2, 0.25) is 0 Å². The number of hydrogen-bond acceptors (Lipinski definition) is 3. The van der Waals surface area contributed by atoms with Crippen molar-refractivity contribution in [2.75, 3.05) is 13.2 Å². The fourth-order valence-electron chi connectivity index (χ4n) is 3.28. The van der Waals surface area contributed by atoms with Crippen LogP contribution in [0.5, 0.6) is 0 Å². The van der Waals surface area contributed by atoms with Crippen molar-refractivity contribution in [3.63, 3.8) is 0 Å². The average molecular weight is 282 g/mol. The van der Waals surface area contributed by atoms with E-state index in [0.717, 1.165) is 51.7 Å². The van der Waals surface area contributed by atoms with Gasteiger partial charge in [0, 0.05) is 13.2 Å². The number of nitrogens with zero attached hydrogens (tertiary/aromatic N) is 1. The zero-order chi connectivity index (χ0) is 14.4. The van der Waals surface area contributed by atoms with Gasteiger partial charge >= 0.3 is 0 Å². The van der Waals surface area contributed by atoms with Crippen molar-refractivity contribution in [2.24, 2.45) is 0 Å². The summed E-state index contributed by atoms with van der Waals surface area (Å²) in [5, 5.41) is 3.50. The second-order valence-electron chi connectivity index (χ2n) is 6.09. The molecule has 0 aromatic heterocycles. The maximum atomic E-state index is 12.5. The number of carbonyl (C=O) groups is 1. The van der Waals surface area contributed by atoms with Crippen molar-refractivity contribution in [3.05, 3.63) is 0 Å². The Balaban J connectivity index is 1.82. The van der Waals surface area contributed by atoms with Crippen molar-refractivity contribution in [1.29, 1.82) is 0 Å². The van der Waals surface area contributed by atoms with Crippen molar-refractivity contribution in [3.8, 4) is 0 Å². The van der Waals surface area contributed by atoms with Gasteiger partial charge in [-0.15, -0.1) is 0 Å². The number of nitrogens with one attached hydrogen (secondary N) is 1. The summed E-state index contributed by atoms with van der Waals surface area (Å²) in [5.74, 6) is 0.307. The molecule has 4 heteroatoms. The molecule has 0 bridgehead atoms. The molecular weight excluding hydrogens is 252 g/mol. The molecule has 1 amide bonds. The van der Waals surface area contributed by atoms with Gasteiger partial charge in [0.2, 0.25) is 5.91 Å². The van der Waals surface area contributed by atoms with E-state index in [0.29, 0.717) is 12.0 Å². The van der Waals surface area contributed by atoms with Crippen molar-refractivity contribution >= 4 is 5.91 Å². The molecule has 2 fully saturated rings. The van der Waals surface area contributed by atoms with E-state index in [-0.39, 0.29) is 12.2 Å². The lowest BCUT2D eigenvalue weighted by Gasteiger charge is -2.27. The summed E-state index contributed by atoms with van der Waals surface area (Å²) in [6.07, 6.45) is 9.44. The maximum absolute atomic E-state index is 12.5. The summed E-state index contributed by atoms with van der Waals surface area (Å²) in [5.41, 5.74) is 0. The number of carbonyl (C=O) groups excluding carboxylic acids is 1. The Morgan fingerprint density at radius 1 is 1.30 bits per heavy atom. The van der Waals surface area contributed by atoms with Crippen LogP contribution in [0.1, 0.15) is 65.2 Å². The summed E-state index contributed by atoms with van der Waals surface area (Å²) in [6, 6.07) is 0.0483. The Labute approximate surface area is 123 Å². The van der Waals surface area contributed by atoms with Gasteiger partial charge < -0.3 is 9.64 Å². The molecular formula is C16H30N2O2. The zero-order valence-electron chi connectivity index (χ0n) is 13.1. The van der Waals surface area contributed by atoms with Crippen LogP contribution in [-0.2, 0) is 9.53 Å². The third kappa shape index (κ3) is 3.95. The highest BCUT2D eigenvalue weighted by Crippen LogP contribution is 2.21. The molecule has 0 radical (unpaired) electrons. The third-order valence-corrected chi connectivity index (χ3v) is 4.55. The summed E-state index contributed by atoms with van der Waals surface area (Å²) in [6.45, 7) is 6.07. The highest BCUT2D eigenvalue weighted by Gasteiger charge is 2.37. The normalized spacial score (nSPS) is 31.0. The van der Waals surface area contributed by atoms with Crippen LogP contribution in [0, 0.1) is 0 Å². The molecule has 2 rings (SSSR count). The second-order valence-corrected chi connectivity index (χ2v) is 6.09. The molecule has 4 nitrogen and oxygen atoms in total. The number of amides is 1. The summed E-state index contributed by atoms with van der Waals surface area (Å²) in [7, 11) is 0. The molecule has 0 spiro atoms. The topological polar surface area (TPSA) is 41.6 Å². The molecule has 3 atom stereocenters. The van der Waals surface area contributed by atoms with Gasteiger partial charge in [0.25, 0.3) is 0 Å². The molecule has 20 heavy (non-hydrogen) atoms. The molecule has 0 aliphatic carbocycles. The van der Waals surface area contributed by atoms with E-state index in [1.54, 1.807) is 0 Å². The van der Waals surface area contributed by atoms with Crippen molar-refractivity contribution in [2.45, 2.75) is 83.5 Å². The predicted molar refractivity (Wildman–Crippen MR) is 80.4 cm³/mol. The van der Waals surface area contributed by atoms with Crippen molar-refractivity contribution in [1.82, 2.24) is 10.2 Å². The first-order valence-corrected chi connectivity index (χ1v) is 8.44. The lowest BCUT2D eigenvalue weighted by Crippen LogP contribution is -2.39. The van der Waals surface area contributed by atoms with Crippen LogP contribution in [0.4, 0.5) is 0 Å². The van der Waals surface area contributed by atoms with E-state index in [9.17, 15) is 4.79 Å². The van der Waals surface area contributed by atoms with Crippen LogP contribution < -0.4 is 5.32 Å².